The minimum Gasteiger partial charge on any atom is -0.714 e. The summed E-state index contributed by atoms with van der Waals surface area (Å²) in [5.74, 6) is 0.526. The second kappa shape index (κ2) is 3.98. The summed E-state index contributed by atoms with van der Waals surface area (Å²) in [4.78, 5) is 0. The molecule has 0 aromatic carbocycles. The third kappa shape index (κ3) is 1.69. The molecule has 3 nitrogen and oxygen atoms in total. The van der Waals surface area contributed by atoms with Crippen molar-refractivity contribution in [2.75, 3.05) is 0 Å². The highest BCUT2D eigenvalue weighted by Crippen LogP contribution is 2.32. The molecule has 0 unspecified atom stereocenters. The molecule has 103 valence electrons. The van der Waals surface area contributed by atoms with Crippen LogP contribution in [0.3, 0.4) is 0 Å². The molecule has 3 rings (SSSR count). The van der Waals surface area contributed by atoms with Crippen molar-refractivity contribution < 1.29 is 4.74 Å². The van der Waals surface area contributed by atoms with Gasteiger partial charge in [0.25, 0.3) is 0 Å². The molecule has 0 aromatic rings. The predicted molar refractivity (Wildman–Crippen MR) is 81.1 cm³/mol. The largest absolute Gasteiger partial charge is 0.714 e. The number of hydrogen-bond donors (Lipinski definition) is 0. The molecule has 2 aliphatic carbocycles. The number of hydrogen-bond acceptors (Lipinski definition) is 1. The van der Waals surface area contributed by atoms with Gasteiger partial charge in [-0.2, -0.15) is 0 Å². The lowest BCUT2D eigenvalue weighted by molar-refractivity contribution is -0.539. The van der Waals surface area contributed by atoms with E-state index in [0.717, 1.165) is 10.3 Å². The molecular formula is C17H19N2O. The van der Waals surface area contributed by atoms with Crippen LogP contribution < -0.4 is 5.32 Å². The van der Waals surface area contributed by atoms with Gasteiger partial charge >= 0.3 is 5.84 Å². The van der Waals surface area contributed by atoms with E-state index in [1.165, 1.54) is 11.1 Å². The first-order valence-electron chi connectivity index (χ1n) is 6.89. The summed E-state index contributed by atoms with van der Waals surface area (Å²) in [5.41, 5.74) is 2.28. The summed E-state index contributed by atoms with van der Waals surface area (Å²) in [5, 5.41) is 17.2. The van der Waals surface area contributed by atoms with Gasteiger partial charge in [-0.15, -0.1) is 0 Å². The summed E-state index contributed by atoms with van der Waals surface area (Å²) in [6.07, 6.45) is 0. The molecule has 0 N–H and O–H groups in total. The van der Waals surface area contributed by atoms with E-state index in [2.05, 4.69) is 17.4 Å². The molecule has 0 amide bonds. The van der Waals surface area contributed by atoms with Gasteiger partial charge in [0.15, 0.2) is 5.54 Å². The Kier molecular flexibility index (Phi) is 2.58. The number of amidine groups is 1. The van der Waals surface area contributed by atoms with E-state index in [9.17, 15) is 5.21 Å². The van der Waals surface area contributed by atoms with Gasteiger partial charge < -0.3 is 5.21 Å². The highest BCUT2D eigenvalue weighted by atomic mass is 16.5. The molecule has 0 saturated heterocycles. The Morgan fingerprint density at radius 2 is 1.35 bits per heavy atom. The Morgan fingerprint density at radius 3 is 1.80 bits per heavy atom. The van der Waals surface area contributed by atoms with E-state index in [4.69, 9.17) is 0 Å². The maximum Gasteiger partial charge on any atom is 0.324 e. The highest BCUT2D eigenvalue weighted by Gasteiger charge is 2.55. The van der Waals surface area contributed by atoms with Crippen LogP contribution in [-0.2, 0) is 0 Å². The van der Waals surface area contributed by atoms with Crippen molar-refractivity contribution >= 4 is 5.84 Å². The molecule has 0 atom stereocenters. The quantitative estimate of drug-likeness (QED) is 0.577. The summed E-state index contributed by atoms with van der Waals surface area (Å²) in [6, 6.07) is 14.2. The maximum absolute atomic E-state index is 12.6. The Hall–Kier alpha value is -2.03. The fourth-order valence-corrected chi connectivity index (χ4v) is 2.46. The summed E-state index contributed by atoms with van der Waals surface area (Å²) in [6.45, 7) is 7.89. The van der Waals surface area contributed by atoms with E-state index < -0.39 is 11.1 Å². The first kappa shape index (κ1) is 13.0. The van der Waals surface area contributed by atoms with Gasteiger partial charge in [-0.3, -0.25) is 4.74 Å². The average molecular weight is 267 g/mol. The topological polar surface area (TPSA) is 40.2 Å². The minimum atomic E-state index is -0.536. The Morgan fingerprint density at radius 1 is 0.850 bits per heavy atom. The van der Waals surface area contributed by atoms with Crippen molar-refractivity contribution in [2.45, 2.75) is 38.8 Å². The van der Waals surface area contributed by atoms with Crippen LogP contribution in [0.15, 0.2) is 42.5 Å². The van der Waals surface area contributed by atoms with E-state index in [0.29, 0.717) is 5.84 Å². The Balaban J connectivity index is 2.13. The van der Waals surface area contributed by atoms with E-state index in [-0.39, 0.29) is 0 Å². The number of rotatable bonds is 1. The van der Waals surface area contributed by atoms with Crippen molar-refractivity contribution in [3.8, 4) is 11.1 Å². The van der Waals surface area contributed by atoms with Crippen LogP contribution in [0.25, 0.3) is 11.1 Å². The van der Waals surface area contributed by atoms with Crippen molar-refractivity contribution in [3.05, 3.63) is 53.2 Å². The standard InChI is InChI=1S/C17H19N2O/c1-16(2)17(3,4)19(20)15(18-16)14-10-8-12-6-5-7-13(12)9-11-14/h5-11H,1-4H3. The zero-order valence-electron chi connectivity index (χ0n) is 12.3. The molecule has 1 aliphatic heterocycles. The molecular weight excluding hydrogens is 248 g/mol. The molecule has 0 fully saturated rings. The van der Waals surface area contributed by atoms with Crippen LogP contribution in [-0.4, -0.2) is 21.7 Å². The second-order valence-electron chi connectivity index (χ2n) is 6.41. The van der Waals surface area contributed by atoms with Gasteiger partial charge in [0, 0.05) is 0 Å². The summed E-state index contributed by atoms with van der Waals surface area (Å²) >= 11 is 0. The van der Waals surface area contributed by atoms with Gasteiger partial charge in [0.1, 0.15) is 5.54 Å². The SMILES string of the molecule is CC1(C)[N]C(c2ccc3cccc-3cc2)=[N+]([O-])C1(C)C. The van der Waals surface area contributed by atoms with Gasteiger partial charge in [0.05, 0.1) is 5.56 Å². The average Bonchev–Trinajstić information content (AvgIpc) is 2.81. The molecule has 3 heteroatoms. The first-order chi connectivity index (χ1) is 9.33. The van der Waals surface area contributed by atoms with Gasteiger partial charge in [0.2, 0.25) is 0 Å². The highest BCUT2D eigenvalue weighted by molar-refractivity contribution is 5.96. The maximum atomic E-state index is 12.6. The minimum absolute atomic E-state index is 0.396. The van der Waals surface area contributed by atoms with Crippen LogP contribution in [0.4, 0.5) is 0 Å². The van der Waals surface area contributed by atoms with Crippen LogP contribution in [0.2, 0.25) is 0 Å². The monoisotopic (exact) mass is 267 g/mol. The summed E-state index contributed by atoms with van der Waals surface area (Å²) < 4.78 is 1.05. The number of hydroxylamine groups is 1. The third-order valence-corrected chi connectivity index (χ3v) is 4.61. The predicted octanol–water partition coefficient (Wildman–Crippen LogP) is 3.22. The molecule has 0 spiro atoms. The zero-order valence-corrected chi connectivity index (χ0v) is 12.3. The van der Waals surface area contributed by atoms with Crippen molar-refractivity contribution in [1.82, 2.24) is 5.32 Å². The first-order valence-corrected chi connectivity index (χ1v) is 6.89. The van der Waals surface area contributed by atoms with Gasteiger partial charge in [-0.05, 0) is 51.0 Å². The zero-order chi connectivity index (χ0) is 14.5. The lowest BCUT2D eigenvalue weighted by atomic mass is 9.84. The lowest BCUT2D eigenvalue weighted by Gasteiger charge is -2.30. The molecule has 20 heavy (non-hydrogen) atoms. The third-order valence-electron chi connectivity index (χ3n) is 4.61. The van der Waals surface area contributed by atoms with Crippen LogP contribution >= 0.6 is 0 Å². The van der Waals surface area contributed by atoms with Crippen molar-refractivity contribution in [3.63, 3.8) is 0 Å². The Labute approximate surface area is 119 Å². The van der Waals surface area contributed by atoms with Crippen molar-refractivity contribution in [2.24, 2.45) is 0 Å². The van der Waals surface area contributed by atoms with E-state index >= 15 is 0 Å². The Bertz CT molecular complexity index is 640. The molecule has 1 radical (unpaired) electrons. The van der Waals surface area contributed by atoms with Crippen molar-refractivity contribution in [1.29, 1.82) is 0 Å². The molecule has 0 bridgehead atoms. The van der Waals surface area contributed by atoms with E-state index in [1.807, 2.05) is 58.0 Å². The van der Waals surface area contributed by atoms with Crippen LogP contribution in [0.5, 0.6) is 0 Å². The lowest BCUT2D eigenvalue weighted by Crippen LogP contribution is -2.50. The molecule has 0 aromatic heterocycles. The van der Waals surface area contributed by atoms with Gasteiger partial charge in [-0.1, -0.05) is 35.6 Å². The van der Waals surface area contributed by atoms with Crippen LogP contribution in [0.1, 0.15) is 33.3 Å². The molecule has 3 aliphatic rings. The second-order valence-corrected chi connectivity index (χ2v) is 6.41. The number of fused-ring (bicyclic) bond motifs is 1. The number of nitrogens with zero attached hydrogens (tertiary/aromatic N) is 2. The summed E-state index contributed by atoms with van der Waals surface area (Å²) in [7, 11) is 0. The van der Waals surface area contributed by atoms with Gasteiger partial charge in [-0.25, -0.2) is 0 Å². The molecule has 1 heterocycles. The normalized spacial score (nSPS) is 20.2. The fraction of sp³-hybridized carbons (Fsp3) is 0.353. The molecule has 0 saturated carbocycles. The van der Waals surface area contributed by atoms with E-state index in [1.54, 1.807) is 0 Å². The van der Waals surface area contributed by atoms with Crippen LogP contribution in [0, 0.1) is 5.21 Å². The smallest absolute Gasteiger partial charge is 0.324 e. The fourth-order valence-electron chi connectivity index (χ4n) is 2.46.